The summed E-state index contributed by atoms with van der Waals surface area (Å²) in [7, 11) is 0. The molecule has 0 bridgehead atoms. The first-order valence-corrected chi connectivity index (χ1v) is 7.41. The fourth-order valence-corrected chi connectivity index (χ4v) is 2.34. The summed E-state index contributed by atoms with van der Waals surface area (Å²) in [6, 6.07) is 21.6. The highest BCUT2D eigenvalue weighted by Crippen LogP contribution is 2.21. The molecular weight excluding hydrogens is 256 g/mol. The Hall–Kier alpha value is -2.19. The molecule has 1 aromatic heterocycles. The molecule has 2 nitrogen and oxygen atoms in total. The summed E-state index contributed by atoms with van der Waals surface area (Å²) in [4.78, 5) is 4.73. The molecule has 0 radical (unpaired) electrons. The molecule has 1 heterocycles. The quantitative estimate of drug-likeness (QED) is 0.764. The van der Waals surface area contributed by atoms with Gasteiger partial charge in [-0.1, -0.05) is 62.4 Å². The lowest BCUT2D eigenvalue weighted by molar-refractivity contribution is 0.589. The molecule has 3 aromatic rings. The molecule has 2 aromatic carbocycles. The summed E-state index contributed by atoms with van der Waals surface area (Å²) in [5.74, 6) is 0. The Morgan fingerprint density at radius 1 is 0.905 bits per heavy atom. The number of rotatable bonds is 4. The lowest BCUT2D eigenvalue weighted by Crippen LogP contribution is -2.21. The molecule has 0 fully saturated rings. The number of para-hydroxylation sites is 1. The number of hydrogen-bond donors (Lipinski definition) is 1. The minimum atomic E-state index is 0.506. The van der Waals surface area contributed by atoms with Crippen LogP contribution in [0.25, 0.3) is 22.2 Å². The van der Waals surface area contributed by atoms with Crippen LogP contribution in [0.4, 0.5) is 0 Å². The molecule has 0 aliphatic carbocycles. The Morgan fingerprint density at radius 3 is 2.43 bits per heavy atom. The third-order valence-electron chi connectivity index (χ3n) is 3.56. The molecule has 0 aliphatic rings. The fraction of sp³-hybridized carbons (Fsp3) is 0.211. The number of hydrogen-bond acceptors (Lipinski definition) is 2. The van der Waals surface area contributed by atoms with Gasteiger partial charge in [-0.05, 0) is 17.7 Å². The lowest BCUT2D eigenvalue weighted by Gasteiger charge is -2.09. The number of aromatic nitrogens is 1. The standard InChI is InChI=1S/C19H20N2/c1-14(2)20-13-15-7-9-17(10-8-15)19-12-11-16-5-3-4-6-18(16)21-19/h3-12,14,20H,13H2,1-2H3. The van der Waals surface area contributed by atoms with E-state index < -0.39 is 0 Å². The molecule has 0 saturated carbocycles. The van der Waals surface area contributed by atoms with E-state index in [0.717, 1.165) is 23.3 Å². The zero-order valence-corrected chi connectivity index (χ0v) is 12.5. The van der Waals surface area contributed by atoms with Crippen molar-refractivity contribution in [3.05, 3.63) is 66.2 Å². The van der Waals surface area contributed by atoms with Gasteiger partial charge in [0.05, 0.1) is 11.2 Å². The fourth-order valence-electron chi connectivity index (χ4n) is 2.34. The molecular formula is C19H20N2. The van der Waals surface area contributed by atoms with Crippen molar-refractivity contribution >= 4 is 10.9 Å². The maximum atomic E-state index is 4.73. The number of pyridine rings is 1. The molecule has 0 atom stereocenters. The minimum absolute atomic E-state index is 0.506. The average molecular weight is 276 g/mol. The van der Waals surface area contributed by atoms with Gasteiger partial charge in [-0.2, -0.15) is 0 Å². The highest BCUT2D eigenvalue weighted by atomic mass is 14.9. The van der Waals surface area contributed by atoms with E-state index in [4.69, 9.17) is 4.98 Å². The van der Waals surface area contributed by atoms with E-state index >= 15 is 0 Å². The maximum absolute atomic E-state index is 4.73. The van der Waals surface area contributed by atoms with Crippen molar-refractivity contribution in [2.24, 2.45) is 0 Å². The van der Waals surface area contributed by atoms with Crippen LogP contribution in [-0.2, 0) is 6.54 Å². The van der Waals surface area contributed by atoms with E-state index in [0.29, 0.717) is 6.04 Å². The molecule has 0 aliphatic heterocycles. The van der Waals surface area contributed by atoms with E-state index in [1.807, 2.05) is 12.1 Å². The second-order valence-electron chi connectivity index (χ2n) is 5.62. The Bertz CT molecular complexity index is 730. The van der Waals surface area contributed by atoms with Gasteiger partial charge in [0.15, 0.2) is 0 Å². The average Bonchev–Trinajstić information content (AvgIpc) is 2.53. The van der Waals surface area contributed by atoms with E-state index in [1.165, 1.54) is 10.9 Å². The normalized spacial score (nSPS) is 11.2. The molecule has 2 heteroatoms. The van der Waals surface area contributed by atoms with Crippen LogP contribution in [0.1, 0.15) is 19.4 Å². The van der Waals surface area contributed by atoms with Gasteiger partial charge in [-0.3, -0.25) is 0 Å². The predicted octanol–water partition coefficient (Wildman–Crippen LogP) is 4.40. The summed E-state index contributed by atoms with van der Waals surface area (Å²) in [6.45, 7) is 5.23. The van der Waals surface area contributed by atoms with E-state index in [1.54, 1.807) is 0 Å². The zero-order valence-electron chi connectivity index (χ0n) is 12.5. The van der Waals surface area contributed by atoms with Crippen molar-refractivity contribution in [3.8, 4) is 11.3 Å². The molecule has 106 valence electrons. The first-order valence-electron chi connectivity index (χ1n) is 7.41. The maximum Gasteiger partial charge on any atom is 0.0709 e. The van der Waals surface area contributed by atoms with Gasteiger partial charge in [0.25, 0.3) is 0 Å². The summed E-state index contributed by atoms with van der Waals surface area (Å²) >= 11 is 0. The molecule has 3 rings (SSSR count). The van der Waals surface area contributed by atoms with E-state index in [9.17, 15) is 0 Å². The van der Waals surface area contributed by atoms with Crippen molar-refractivity contribution < 1.29 is 0 Å². The third-order valence-corrected chi connectivity index (χ3v) is 3.56. The molecule has 0 saturated heterocycles. The SMILES string of the molecule is CC(C)NCc1ccc(-c2ccc3ccccc3n2)cc1. The Morgan fingerprint density at radius 2 is 1.67 bits per heavy atom. The summed E-state index contributed by atoms with van der Waals surface area (Å²) < 4.78 is 0. The van der Waals surface area contributed by atoms with Gasteiger partial charge in [-0.15, -0.1) is 0 Å². The monoisotopic (exact) mass is 276 g/mol. The highest BCUT2D eigenvalue weighted by molar-refractivity contribution is 5.81. The predicted molar refractivity (Wildman–Crippen MR) is 89.2 cm³/mol. The second kappa shape index (κ2) is 6.06. The largest absolute Gasteiger partial charge is 0.310 e. The number of benzene rings is 2. The van der Waals surface area contributed by atoms with Crippen LogP contribution in [0.3, 0.4) is 0 Å². The summed E-state index contributed by atoms with van der Waals surface area (Å²) in [5.41, 5.74) is 4.53. The van der Waals surface area contributed by atoms with Crippen LogP contribution < -0.4 is 5.32 Å². The lowest BCUT2D eigenvalue weighted by atomic mass is 10.1. The molecule has 0 amide bonds. The van der Waals surface area contributed by atoms with E-state index in [-0.39, 0.29) is 0 Å². The number of nitrogens with zero attached hydrogens (tertiary/aromatic N) is 1. The van der Waals surface area contributed by atoms with Gasteiger partial charge in [0.1, 0.15) is 0 Å². The molecule has 0 unspecified atom stereocenters. The third kappa shape index (κ3) is 3.29. The Labute approximate surface area is 125 Å². The van der Waals surface area contributed by atoms with Crippen molar-refractivity contribution in [2.75, 3.05) is 0 Å². The molecule has 0 spiro atoms. The number of nitrogens with one attached hydrogen (secondary N) is 1. The number of fused-ring (bicyclic) bond motifs is 1. The van der Waals surface area contributed by atoms with Crippen LogP contribution in [-0.4, -0.2) is 11.0 Å². The Kier molecular flexibility index (Phi) is 3.98. The van der Waals surface area contributed by atoms with Crippen molar-refractivity contribution in [2.45, 2.75) is 26.4 Å². The van der Waals surface area contributed by atoms with Crippen LogP contribution in [0.15, 0.2) is 60.7 Å². The summed E-state index contributed by atoms with van der Waals surface area (Å²) in [5, 5.41) is 4.61. The molecule has 21 heavy (non-hydrogen) atoms. The van der Waals surface area contributed by atoms with Crippen molar-refractivity contribution in [1.82, 2.24) is 10.3 Å². The second-order valence-corrected chi connectivity index (χ2v) is 5.62. The minimum Gasteiger partial charge on any atom is -0.310 e. The summed E-state index contributed by atoms with van der Waals surface area (Å²) in [6.07, 6.45) is 0. The van der Waals surface area contributed by atoms with Crippen LogP contribution in [0, 0.1) is 0 Å². The van der Waals surface area contributed by atoms with Crippen LogP contribution >= 0.6 is 0 Å². The topological polar surface area (TPSA) is 24.9 Å². The van der Waals surface area contributed by atoms with Crippen LogP contribution in [0.2, 0.25) is 0 Å². The van der Waals surface area contributed by atoms with Gasteiger partial charge in [0.2, 0.25) is 0 Å². The first-order chi connectivity index (χ1) is 10.2. The van der Waals surface area contributed by atoms with Gasteiger partial charge in [-0.25, -0.2) is 4.98 Å². The first kappa shape index (κ1) is 13.8. The van der Waals surface area contributed by atoms with Crippen molar-refractivity contribution in [3.63, 3.8) is 0 Å². The zero-order chi connectivity index (χ0) is 14.7. The van der Waals surface area contributed by atoms with Gasteiger partial charge in [0, 0.05) is 23.5 Å². The van der Waals surface area contributed by atoms with Gasteiger partial charge >= 0.3 is 0 Å². The van der Waals surface area contributed by atoms with Gasteiger partial charge < -0.3 is 5.32 Å². The highest BCUT2D eigenvalue weighted by Gasteiger charge is 2.02. The van der Waals surface area contributed by atoms with E-state index in [2.05, 4.69) is 67.7 Å². The smallest absolute Gasteiger partial charge is 0.0709 e. The Balaban J connectivity index is 1.85. The van der Waals surface area contributed by atoms with Crippen molar-refractivity contribution in [1.29, 1.82) is 0 Å². The molecule has 1 N–H and O–H groups in total. The van der Waals surface area contributed by atoms with Crippen LogP contribution in [0.5, 0.6) is 0 Å².